The molecule has 0 radical (unpaired) electrons. The third kappa shape index (κ3) is 4.17. The van der Waals surface area contributed by atoms with Gasteiger partial charge in [-0.15, -0.1) is 0 Å². The van der Waals surface area contributed by atoms with Crippen molar-refractivity contribution >= 4 is 17.6 Å². The molecular weight excluding hydrogens is 359 g/mol. The average molecular weight is 393 g/mol. The highest BCUT2D eigenvalue weighted by Gasteiger charge is 2.48. The summed E-state index contributed by atoms with van der Waals surface area (Å²) < 4.78 is 13.3. The SMILES string of the molecule is O=C(CN1CCC(CN2C(=O)[C@@H]3CCCC[C@H]3C2=O)CC1)C1CCC(F)CC1. The fourth-order valence-electron chi connectivity index (χ4n) is 5.72. The Hall–Kier alpha value is -1.30. The minimum Gasteiger partial charge on any atom is -0.298 e. The highest BCUT2D eigenvalue weighted by atomic mass is 19.1. The van der Waals surface area contributed by atoms with Crippen molar-refractivity contribution in [1.82, 2.24) is 9.80 Å². The second kappa shape index (κ2) is 8.60. The maximum absolute atomic E-state index is 13.3. The Morgan fingerprint density at radius 1 is 0.857 bits per heavy atom. The minimum atomic E-state index is -0.723. The summed E-state index contributed by atoms with van der Waals surface area (Å²) in [5, 5.41) is 0. The molecule has 0 unspecified atom stereocenters. The number of likely N-dealkylation sites (tertiary alicyclic amines) is 2. The third-order valence-corrected chi connectivity index (χ3v) is 7.57. The summed E-state index contributed by atoms with van der Waals surface area (Å²) in [6.07, 6.45) is 7.44. The molecule has 0 aromatic rings. The van der Waals surface area contributed by atoms with Gasteiger partial charge in [0.1, 0.15) is 12.0 Å². The summed E-state index contributed by atoms with van der Waals surface area (Å²) >= 11 is 0. The van der Waals surface area contributed by atoms with Gasteiger partial charge in [-0.05, 0) is 70.4 Å². The molecule has 2 amide bonds. The number of piperidine rings is 1. The molecule has 4 rings (SSSR count). The van der Waals surface area contributed by atoms with Crippen LogP contribution in [0.2, 0.25) is 0 Å². The number of fused-ring (bicyclic) bond motifs is 1. The number of imide groups is 1. The van der Waals surface area contributed by atoms with E-state index in [1.807, 2.05) is 0 Å². The molecule has 28 heavy (non-hydrogen) atoms. The molecule has 2 aliphatic heterocycles. The van der Waals surface area contributed by atoms with Gasteiger partial charge in [-0.25, -0.2) is 4.39 Å². The van der Waals surface area contributed by atoms with Gasteiger partial charge in [0.05, 0.1) is 18.4 Å². The first-order chi connectivity index (χ1) is 13.5. The molecule has 2 saturated carbocycles. The Morgan fingerprint density at radius 3 is 2.00 bits per heavy atom. The zero-order valence-corrected chi connectivity index (χ0v) is 16.8. The summed E-state index contributed by atoms with van der Waals surface area (Å²) in [6, 6.07) is 0. The van der Waals surface area contributed by atoms with Crippen molar-refractivity contribution < 1.29 is 18.8 Å². The van der Waals surface area contributed by atoms with E-state index in [4.69, 9.17) is 0 Å². The summed E-state index contributed by atoms with van der Waals surface area (Å²) in [4.78, 5) is 41.6. The van der Waals surface area contributed by atoms with Crippen LogP contribution >= 0.6 is 0 Å². The molecule has 0 bridgehead atoms. The highest BCUT2D eigenvalue weighted by molar-refractivity contribution is 6.05. The van der Waals surface area contributed by atoms with Gasteiger partial charge in [-0.2, -0.15) is 0 Å². The van der Waals surface area contributed by atoms with Crippen LogP contribution in [0.25, 0.3) is 0 Å². The van der Waals surface area contributed by atoms with Crippen LogP contribution in [0.1, 0.15) is 64.2 Å². The van der Waals surface area contributed by atoms with Gasteiger partial charge in [0, 0.05) is 12.5 Å². The van der Waals surface area contributed by atoms with Crippen LogP contribution in [0.5, 0.6) is 0 Å². The Labute approximate surface area is 167 Å². The molecule has 4 aliphatic rings. The van der Waals surface area contributed by atoms with E-state index >= 15 is 0 Å². The summed E-state index contributed by atoms with van der Waals surface area (Å²) in [5.41, 5.74) is 0. The van der Waals surface area contributed by atoms with Crippen LogP contribution in [0.3, 0.4) is 0 Å². The first-order valence-electron chi connectivity index (χ1n) is 11.3. The first-order valence-corrected chi connectivity index (χ1v) is 11.3. The van der Waals surface area contributed by atoms with E-state index in [-0.39, 0.29) is 35.4 Å². The zero-order chi connectivity index (χ0) is 19.7. The quantitative estimate of drug-likeness (QED) is 0.675. The minimum absolute atomic E-state index is 0.0351. The predicted molar refractivity (Wildman–Crippen MR) is 103 cm³/mol. The Balaban J connectivity index is 1.23. The number of alkyl halides is 1. The normalized spacial score (nSPS) is 35.2. The van der Waals surface area contributed by atoms with Crippen molar-refractivity contribution in [3.8, 4) is 0 Å². The van der Waals surface area contributed by atoms with Crippen molar-refractivity contribution in [2.45, 2.75) is 70.4 Å². The Morgan fingerprint density at radius 2 is 1.43 bits per heavy atom. The molecule has 0 aromatic carbocycles. The number of hydrogen-bond acceptors (Lipinski definition) is 4. The topological polar surface area (TPSA) is 57.7 Å². The summed E-state index contributed by atoms with van der Waals surface area (Å²) in [6.45, 7) is 2.73. The summed E-state index contributed by atoms with van der Waals surface area (Å²) in [5.74, 6) is 0.664. The van der Waals surface area contributed by atoms with E-state index in [0.29, 0.717) is 44.7 Å². The molecule has 6 heteroatoms. The van der Waals surface area contributed by atoms with Crippen molar-refractivity contribution in [2.75, 3.05) is 26.2 Å². The van der Waals surface area contributed by atoms with Crippen molar-refractivity contribution in [1.29, 1.82) is 0 Å². The van der Waals surface area contributed by atoms with E-state index in [0.717, 1.165) is 51.6 Å². The number of nitrogens with zero attached hydrogens (tertiary/aromatic N) is 2. The van der Waals surface area contributed by atoms with Gasteiger partial charge >= 0.3 is 0 Å². The van der Waals surface area contributed by atoms with E-state index in [2.05, 4.69) is 4.90 Å². The average Bonchev–Trinajstić information content (AvgIpc) is 2.95. The number of hydrogen-bond donors (Lipinski definition) is 0. The molecule has 156 valence electrons. The van der Waals surface area contributed by atoms with E-state index in [1.54, 1.807) is 4.90 Å². The highest BCUT2D eigenvalue weighted by Crippen LogP contribution is 2.38. The first kappa shape index (κ1) is 20.0. The number of carbonyl (C=O) groups is 3. The number of halogens is 1. The van der Waals surface area contributed by atoms with Crippen LogP contribution < -0.4 is 0 Å². The lowest BCUT2D eigenvalue weighted by Gasteiger charge is -2.34. The lowest BCUT2D eigenvalue weighted by atomic mass is 9.81. The number of ketones is 1. The van der Waals surface area contributed by atoms with E-state index in [9.17, 15) is 18.8 Å². The molecule has 2 atom stereocenters. The van der Waals surface area contributed by atoms with Crippen molar-refractivity contribution in [3.05, 3.63) is 0 Å². The van der Waals surface area contributed by atoms with E-state index in [1.165, 1.54) is 0 Å². The molecule has 2 heterocycles. The Kier molecular flexibility index (Phi) is 6.14. The monoisotopic (exact) mass is 392 g/mol. The van der Waals surface area contributed by atoms with Crippen molar-refractivity contribution in [3.63, 3.8) is 0 Å². The molecule has 5 nitrogen and oxygen atoms in total. The molecule has 0 N–H and O–H groups in total. The second-order valence-electron chi connectivity index (χ2n) is 9.42. The van der Waals surface area contributed by atoms with Crippen molar-refractivity contribution in [2.24, 2.45) is 23.7 Å². The largest absolute Gasteiger partial charge is 0.298 e. The predicted octanol–water partition coefficient (Wildman–Crippen LogP) is 2.97. The van der Waals surface area contributed by atoms with Crippen LogP contribution in [-0.4, -0.2) is 59.7 Å². The molecule has 4 fully saturated rings. The fraction of sp³-hybridized carbons (Fsp3) is 0.864. The lowest BCUT2D eigenvalue weighted by Crippen LogP contribution is -2.43. The zero-order valence-electron chi connectivity index (χ0n) is 16.8. The molecule has 0 spiro atoms. The van der Waals surface area contributed by atoms with Gasteiger partial charge in [0.2, 0.25) is 11.8 Å². The second-order valence-corrected chi connectivity index (χ2v) is 9.42. The van der Waals surface area contributed by atoms with Gasteiger partial charge in [0.25, 0.3) is 0 Å². The van der Waals surface area contributed by atoms with Crippen LogP contribution in [0.4, 0.5) is 4.39 Å². The van der Waals surface area contributed by atoms with E-state index < -0.39 is 6.17 Å². The summed E-state index contributed by atoms with van der Waals surface area (Å²) in [7, 11) is 0. The standard InChI is InChI=1S/C22H33FN2O3/c23-17-7-5-16(6-8-17)20(26)14-24-11-9-15(10-12-24)13-25-21(27)18-3-1-2-4-19(18)22(25)28/h15-19H,1-14H2/t16?,17?,18-,19-/m1/s1. The lowest BCUT2D eigenvalue weighted by molar-refractivity contribution is -0.140. The van der Waals surface area contributed by atoms with Crippen LogP contribution in [0, 0.1) is 23.7 Å². The maximum Gasteiger partial charge on any atom is 0.233 e. The Bertz CT molecular complexity index is 585. The van der Waals surface area contributed by atoms with Gasteiger partial charge in [0.15, 0.2) is 0 Å². The number of Topliss-reactive ketones (excluding diaryl/α,β-unsaturated/α-hetero) is 1. The van der Waals surface area contributed by atoms with Crippen LogP contribution in [0.15, 0.2) is 0 Å². The van der Waals surface area contributed by atoms with Gasteiger partial charge in [-0.3, -0.25) is 24.2 Å². The smallest absolute Gasteiger partial charge is 0.233 e. The fourth-order valence-corrected chi connectivity index (χ4v) is 5.72. The maximum atomic E-state index is 13.3. The molecule has 2 aliphatic carbocycles. The van der Waals surface area contributed by atoms with Gasteiger partial charge < -0.3 is 0 Å². The molecular formula is C22H33FN2O3. The van der Waals surface area contributed by atoms with Gasteiger partial charge in [-0.1, -0.05) is 12.8 Å². The van der Waals surface area contributed by atoms with Crippen LogP contribution in [-0.2, 0) is 14.4 Å². The number of rotatable bonds is 5. The number of amides is 2. The molecule has 0 aromatic heterocycles. The molecule has 2 saturated heterocycles. The third-order valence-electron chi connectivity index (χ3n) is 7.57. The number of carbonyl (C=O) groups excluding carboxylic acids is 3.